The molecule has 1 aromatic heterocycles. The van der Waals surface area contributed by atoms with Gasteiger partial charge in [-0.25, -0.2) is 4.98 Å². The maximum absolute atomic E-state index is 12.6. The SMILES string of the molecule is Cc1ncsc1C(=O)N(C)c1ccc(C(F)(F)F)cc1Cl. The molecule has 0 radical (unpaired) electrons. The van der Waals surface area contributed by atoms with Crippen LogP contribution < -0.4 is 4.90 Å². The summed E-state index contributed by atoms with van der Waals surface area (Å²) < 4.78 is 37.8. The summed E-state index contributed by atoms with van der Waals surface area (Å²) in [6.45, 7) is 1.69. The first kappa shape index (κ1) is 15.8. The molecule has 112 valence electrons. The van der Waals surface area contributed by atoms with Gasteiger partial charge in [-0.3, -0.25) is 4.79 Å². The van der Waals surface area contributed by atoms with Crippen LogP contribution >= 0.6 is 22.9 Å². The van der Waals surface area contributed by atoms with E-state index in [-0.39, 0.29) is 16.6 Å². The van der Waals surface area contributed by atoms with E-state index in [0.29, 0.717) is 10.6 Å². The van der Waals surface area contributed by atoms with E-state index < -0.39 is 11.7 Å². The van der Waals surface area contributed by atoms with Crippen molar-refractivity contribution < 1.29 is 18.0 Å². The highest BCUT2D eigenvalue weighted by molar-refractivity contribution is 7.12. The molecular weight excluding hydrogens is 325 g/mol. The number of hydrogen-bond donors (Lipinski definition) is 0. The first-order valence-electron chi connectivity index (χ1n) is 5.76. The first-order chi connectivity index (χ1) is 9.71. The van der Waals surface area contributed by atoms with E-state index in [1.807, 2.05) is 0 Å². The maximum atomic E-state index is 12.6. The number of aromatic nitrogens is 1. The largest absolute Gasteiger partial charge is 0.416 e. The van der Waals surface area contributed by atoms with Crippen molar-refractivity contribution in [2.75, 3.05) is 11.9 Å². The zero-order chi connectivity index (χ0) is 15.8. The number of halogens is 4. The van der Waals surface area contributed by atoms with Gasteiger partial charge in [-0.2, -0.15) is 13.2 Å². The van der Waals surface area contributed by atoms with Gasteiger partial charge in [0.25, 0.3) is 5.91 Å². The summed E-state index contributed by atoms with van der Waals surface area (Å²) in [6, 6.07) is 2.88. The highest BCUT2D eigenvalue weighted by Gasteiger charge is 2.31. The predicted molar refractivity (Wildman–Crippen MR) is 76.0 cm³/mol. The lowest BCUT2D eigenvalue weighted by Gasteiger charge is -2.19. The average Bonchev–Trinajstić information content (AvgIpc) is 2.82. The van der Waals surface area contributed by atoms with E-state index >= 15 is 0 Å². The molecule has 0 bridgehead atoms. The summed E-state index contributed by atoms with van der Waals surface area (Å²) in [4.78, 5) is 17.9. The summed E-state index contributed by atoms with van der Waals surface area (Å²) in [7, 11) is 1.45. The number of carbonyl (C=O) groups excluding carboxylic acids is 1. The summed E-state index contributed by atoms with van der Waals surface area (Å²) in [5, 5.41) is -0.136. The van der Waals surface area contributed by atoms with Crippen LogP contribution in [0.25, 0.3) is 0 Å². The van der Waals surface area contributed by atoms with Gasteiger partial charge in [-0.05, 0) is 25.1 Å². The predicted octanol–water partition coefficient (Wildman–Crippen LogP) is 4.40. The quantitative estimate of drug-likeness (QED) is 0.815. The third-order valence-corrected chi connectivity index (χ3v) is 4.10. The van der Waals surface area contributed by atoms with Crippen LogP contribution in [-0.2, 0) is 6.18 Å². The van der Waals surface area contributed by atoms with E-state index in [9.17, 15) is 18.0 Å². The van der Waals surface area contributed by atoms with E-state index in [2.05, 4.69) is 4.98 Å². The van der Waals surface area contributed by atoms with Crippen LogP contribution in [0, 0.1) is 6.92 Å². The minimum atomic E-state index is -4.47. The van der Waals surface area contributed by atoms with E-state index in [1.165, 1.54) is 34.9 Å². The number of rotatable bonds is 2. The minimum absolute atomic E-state index is 0.136. The molecule has 0 fully saturated rings. The van der Waals surface area contributed by atoms with E-state index in [0.717, 1.165) is 12.1 Å². The number of nitrogens with zero attached hydrogens (tertiary/aromatic N) is 2. The molecule has 0 aliphatic heterocycles. The van der Waals surface area contributed by atoms with Crippen molar-refractivity contribution in [1.29, 1.82) is 0 Å². The highest BCUT2D eigenvalue weighted by atomic mass is 35.5. The van der Waals surface area contributed by atoms with Crippen molar-refractivity contribution in [3.8, 4) is 0 Å². The summed E-state index contributed by atoms with van der Waals surface area (Å²) in [5.74, 6) is -0.364. The Labute approximate surface area is 128 Å². The third kappa shape index (κ3) is 3.19. The molecule has 0 unspecified atom stereocenters. The number of carbonyl (C=O) groups is 1. The Morgan fingerprint density at radius 3 is 2.52 bits per heavy atom. The summed E-state index contributed by atoms with van der Waals surface area (Å²) >= 11 is 7.04. The standard InChI is InChI=1S/C13H10ClF3N2OS/c1-7-11(21-6-18-7)12(20)19(2)10-4-3-8(5-9(10)14)13(15,16)17/h3-6H,1-2H3. The van der Waals surface area contributed by atoms with Crippen LogP contribution in [0.5, 0.6) is 0 Å². The Bertz CT molecular complexity index is 684. The lowest BCUT2D eigenvalue weighted by Crippen LogP contribution is -2.26. The van der Waals surface area contributed by atoms with Gasteiger partial charge in [0.05, 0.1) is 27.5 Å². The number of alkyl halides is 3. The topological polar surface area (TPSA) is 33.2 Å². The minimum Gasteiger partial charge on any atom is -0.309 e. The second kappa shape index (κ2) is 5.65. The molecule has 0 aliphatic rings. The second-order valence-corrected chi connectivity index (χ2v) is 5.56. The van der Waals surface area contributed by atoms with Gasteiger partial charge in [0.15, 0.2) is 0 Å². The van der Waals surface area contributed by atoms with Crippen LogP contribution in [0.4, 0.5) is 18.9 Å². The molecule has 0 aliphatic carbocycles. The fraction of sp³-hybridized carbons (Fsp3) is 0.231. The van der Waals surface area contributed by atoms with Crippen molar-refractivity contribution in [3.05, 3.63) is 44.9 Å². The number of thiazole rings is 1. The lowest BCUT2D eigenvalue weighted by atomic mass is 10.2. The zero-order valence-corrected chi connectivity index (χ0v) is 12.6. The lowest BCUT2D eigenvalue weighted by molar-refractivity contribution is -0.137. The Morgan fingerprint density at radius 1 is 1.38 bits per heavy atom. The van der Waals surface area contributed by atoms with Crippen molar-refractivity contribution >= 4 is 34.5 Å². The van der Waals surface area contributed by atoms with Crippen LogP contribution in [0.1, 0.15) is 20.9 Å². The van der Waals surface area contributed by atoms with Gasteiger partial charge in [0, 0.05) is 7.05 Å². The van der Waals surface area contributed by atoms with Gasteiger partial charge >= 0.3 is 6.18 Å². The molecule has 8 heteroatoms. The van der Waals surface area contributed by atoms with Gasteiger partial charge in [0.2, 0.25) is 0 Å². The molecular formula is C13H10ClF3N2OS. The van der Waals surface area contributed by atoms with Gasteiger partial charge < -0.3 is 4.90 Å². The maximum Gasteiger partial charge on any atom is 0.416 e. The molecule has 0 spiro atoms. The first-order valence-corrected chi connectivity index (χ1v) is 7.02. The van der Waals surface area contributed by atoms with Gasteiger partial charge in [-0.1, -0.05) is 11.6 Å². The smallest absolute Gasteiger partial charge is 0.309 e. The molecule has 21 heavy (non-hydrogen) atoms. The molecule has 0 N–H and O–H groups in total. The van der Waals surface area contributed by atoms with Crippen molar-refractivity contribution in [2.45, 2.75) is 13.1 Å². The van der Waals surface area contributed by atoms with Crippen LogP contribution in [-0.4, -0.2) is 17.9 Å². The average molecular weight is 335 g/mol. The molecule has 0 saturated carbocycles. The van der Waals surface area contributed by atoms with Crippen LogP contribution in [0.3, 0.4) is 0 Å². The zero-order valence-electron chi connectivity index (χ0n) is 11.0. The molecule has 1 aromatic carbocycles. The highest BCUT2D eigenvalue weighted by Crippen LogP contribution is 2.35. The summed E-state index contributed by atoms with van der Waals surface area (Å²) in [6.07, 6.45) is -4.47. The fourth-order valence-corrected chi connectivity index (χ4v) is 2.81. The molecule has 0 atom stereocenters. The number of anilines is 1. The molecule has 2 aromatic rings. The molecule has 3 nitrogen and oxygen atoms in total. The fourth-order valence-electron chi connectivity index (χ4n) is 1.72. The van der Waals surface area contributed by atoms with E-state index in [1.54, 1.807) is 6.92 Å². The molecule has 2 rings (SSSR count). The van der Waals surface area contributed by atoms with Crippen LogP contribution in [0.2, 0.25) is 5.02 Å². The number of amides is 1. The Balaban J connectivity index is 2.34. The molecule has 0 saturated heterocycles. The Kier molecular flexibility index (Phi) is 4.25. The number of aryl methyl sites for hydroxylation is 1. The second-order valence-electron chi connectivity index (χ2n) is 4.30. The van der Waals surface area contributed by atoms with Crippen LogP contribution in [0.15, 0.2) is 23.7 Å². The van der Waals surface area contributed by atoms with Crippen molar-refractivity contribution in [1.82, 2.24) is 4.98 Å². The van der Waals surface area contributed by atoms with Gasteiger partial charge in [-0.15, -0.1) is 11.3 Å². The normalized spacial score (nSPS) is 11.5. The monoisotopic (exact) mass is 334 g/mol. The molecule has 1 amide bonds. The van der Waals surface area contributed by atoms with Crippen molar-refractivity contribution in [2.24, 2.45) is 0 Å². The number of benzene rings is 1. The van der Waals surface area contributed by atoms with E-state index in [4.69, 9.17) is 11.6 Å². The summed E-state index contributed by atoms with van der Waals surface area (Å²) in [5.41, 5.74) is 1.46. The van der Waals surface area contributed by atoms with Gasteiger partial charge in [0.1, 0.15) is 4.88 Å². The Morgan fingerprint density at radius 2 is 2.05 bits per heavy atom. The Hall–Kier alpha value is -1.60. The number of hydrogen-bond acceptors (Lipinski definition) is 3. The third-order valence-electron chi connectivity index (χ3n) is 2.88. The molecule has 1 heterocycles. The van der Waals surface area contributed by atoms with Crippen molar-refractivity contribution in [3.63, 3.8) is 0 Å².